The highest BCUT2D eigenvalue weighted by atomic mass is 16.5. The van der Waals surface area contributed by atoms with Gasteiger partial charge in [-0.25, -0.2) is 0 Å². The summed E-state index contributed by atoms with van der Waals surface area (Å²) in [7, 11) is 0. The van der Waals surface area contributed by atoms with Crippen LogP contribution in [0.15, 0.2) is 24.3 Å². The Morgan fingerprint density at radius 3 is 2.55 bits per heavy atom. The first-order chi connectivity index (χ1) is 9.80. The first kappa shape index (κ1) is 16.7. The number of hydrogen-bond acceptors (Lipinski definition) is 3. The highest BCUT2D eigenvalue weighted by Crippen LogP contribution is 2.12. The summed E-state index contributed by atoms with van der Waals surface area (Å²) in [6, 6.07) is 7.32. The van der Waals surface area contributed by atoms with Crippen LogP contribution in [-0.4, -0.2) is 37.4 Å². The smallest absolute Gasteiger partial charge is 0.150 e. The van der Waals surface area contributed by atoms with Gasteiger partial charge in [0.2, 0.25) is 0 Å². The zero-order valence-corrected chi connectivity index (χ0v) is 12.8. The molecule has 0 spiro atoms. The standard InChI is InChI=1S/C17H27NO2/c1-3-18(4-2)12-7-5-6-8-13-20-17-11-9-10-16(14-17)15-19/h9-11,14-15H,3-8,12-13H2,1-2H3. The Kier molecular flexibility index (Phi) is 8.72. The van der Waals surface area contributed by atoms with Gasteiger partial charge in [0, 0.05) is 5.56 Å². The number of rotatable bonds is 11. The molecule has 1 rings (SSSR count). The highest BCUT2D eigenvalue weighted by molar-refractivity contribution is 5.75. The van der Waals surface area contributed by atoms with Crippen LogP contribution in [0.3, 0.4) is 0 Å². The van der Waals surface area contributed by atoms with Crippen molar-refractivity contribution in [3.8, 4) is 5.75 Å². The van der Waals surface area contributed by atoms with Crippen LogP contribution in [0.5, 0.6) is 5.75 Å². The lowest BCUT2D eigenvalue weighted by atomic mass is 10.2. The molecule has 0 aliphatic heterocycles. The summed E-state index contributed by atoms with van der Waals surface area (Å²) in [4.78, 5) is 13.1. The Balaban J connectivity index is 2.05. The predicted octanol–water partition coefficient (Wildman–Crippen LogP) is 3.78. The van der Waals surface area contributed by atoms with E-state index in [1.54, 1.807) is 12.1 Å². The van der Waals surface area contributed by atoms with Crippen molar-refractivity contribution in [2.24, 2.45) is 0 Å². The van der Waals surface area contributed by atoms with Crippen molar-refractivity contribution in [2.45, 2.75) is 39.5 Å². The van der Waals surface area contributed by atoms with E-state index in [4.69, 9.17) is 4.74 Å². The van der Waals surface area contributed by atoms with Gasteiger partial charge in [0.15, 0.2) is 0 Å². The quantitative estimate of drug-likeness (QED) is 0.455. The third kappa shape index (κ3) is 6.71. The minimum atomic E-state index is 0.668. The lowest BCUT2D eigenvalue weighted by molar-refractivity contribution is 0.112. The number of hydrogen-bond donors (Lipinski definition) is 0. The number of aldehydes is 1. The van der Waals surface area contributed by atoms with Crippen molar-refractivity contribution in [1.82, 2.24) is 4.90 Å². The summed E-state index contributed by atoms with van der Waals surface area (Å²) in [6.07, 6.45) is 5.65. The molecule has 1 aromatic rings. The normalized spacial score (nSPS) is 10.8. The Labute approximate surface area is 122 Å². The highest BCUT2D eigenvalue weighted by Gasteiger charge is 1.99. The summed E-state index contributed by atoms with van der Waals surface area (Å²) in [5, 5.41) is 0. The average Bonchev–Trinajstić information content (AvgIpc) is 2.50. The van der Waals surface area contributed by atoms with Gasteiger partial charge in [-0.3, -0.25) is 4.79 Å². The van der Waals surface area contributed by atoms with Crippen LogP contribution in [0.1, 0.15) is 49.9 Å². The van der Waals surface area contributed by atoms with E-state index in [0.717, 1.165) is 38.2 Å². The maximum atomic E-state index is 10.7. The fraction of sp³-hybridized carbons (Fsp3) is 0.588. The first-order valence-corrected chi connectivity index (χ1v) is 7.70. The lowest BCUT2D eigenvalue weighted by Gasteiger charge is -2.17. The Hall–Kier alpha value is -1.35. The molecule has 0 bridgehead atoms. The Morgan fingerprint density at radius 2 is 1.85 bits per heavy atom. The zero-order valence-electron chi connectivity index (χ0n) is 12.8. The molecule has 0 atom stereocenters. The number of ether oxygens (including phenoxy) is 1. The lowest BCUT2D eigenvalue weighted by Crippen LogP contribution is -2.23. The molecule has 0 unspecified atom stereocenters. The van der Waals surface area contributed by atoms with Gasteiger partial charge in [0.25, 0.3) is 0 Å². The van der Waals surface area contributed by atoms with Crippen molar-refractivity contribution in [1.29, 1.82) is 0 Å². The van der Waals surface area contributed by atoms with Gasteiger partial charge in [-0.15, -0.1) is 0 Å². The second-order valence-corrected chi connectivity index (χ2v) is 4.98. The molecule has 3 nitrogen and oxygen atoms in total. The minimum absolute atomic E-state index is 0.668. The summed E-state index contributed by atoms with van der Waals surface area (Å²) in [5.74, 6) is 0.790. The van der Waals surface area contributed by atoms with Gasteiger partial charge in [-0.05, 0) is 44.6 Å². The van der Waals surface area contributed by atoms with Crippen LogP contribution in [0.4, 0.5) is 0 Å². The molecule has 0 radical (unpaired) electrons. The van der Waals surface area contributed by atoms with E-state index < -0.39 is 0 Å². The van der Waals surface area contributed by atoms with Crippen LogP contribution < -0.4 is 4.74 Å². The third-order valence-electron chi connectivity index (χ3n) is 3.53. The Morgan fingerprint density at radius 1 is 1.10 bits per heavy atom. The summed E-state index contributed by atoms with van der Waals surface area (Å²) in [5.41, 5.74) is 0.668. The van der Waals surface area contributed by atoms with Crippen molar-refractivity contribution >= 4 is 6.29 Å². The summed E-state index contributed by atoms with van der Waals surface area (Å²) < 4.78 is 5.65. The zero-order chi connectivity index (χ0) is 14.6. The van der Waals surface area contributed by atoms with Crippen molar-refractivity contribution < 1.29 is 9.53 Å². The molecule has 3 heteroatoms. The monoisotopic (exact) mass is 277 g/mol. The average molecular weight is 277 g/mol. The van der Waals surface area contributed by atoms with E-state index in [9.17, 15) is 4.79 Å². The fourth-order valence-corrected chi connectivity index (χ4v) is 2.20. The molecule has 0 amide bonds. The summed E-state index contributed by atoms with van der Waals surface area (Å²) in [6.45, 7) is 8.65. The van der Waals surface area contributed by atoms with Gasteiger partial charge in [0.1, 0.15) is 12.0 Å². The molecular formula is C17H27NO2. The van der Waals surface area contributed by atoms with E-state index in [1.165, 1.54) is 25.8 Å². The van der Waals surface area contributed by atoms with Gasteiger partial charge in [-0.1, -0.05) is 38.8 Å². The van der Waals surface area contributed by atoms with Gasteiger partial charge < -0.3 is 9.64 Å². The van der Waals surface area contributed by atoms with Gasteiger partial charge >= 0.3 is 0 Å². The molecular weight excluding hydrogens is 250 g/mol. The molecule has 0 N–H and O–H groups in total. The second-order valence-electron chi connectivity index (χ2n) is 4.98. The van der Waals surface area contributed by atoms with Crippen LogP contribution in [0.2, 0.25) is 0 Å². The SMILES string of the molecule is CCN(CC)CCCCCCOc1cccc(C=O)c1. The van der Waals surface area contributed by atoms with E-state index in [1.807, 2.05) is 12.1 Å². The predicted molar refractivity (Wildman–Crippen MR) is 83.6 cm³/mol. The molecule has 0 fully saturated rings. The molecule has 1 aromatic carbocycles. The number of unbranched alkanes of at least 4 members (excludes halogenated alkanes) is 3. The molecule has 0 aliphatic carbocycles. The minimum Gasteiger partial charge on any atom is -0.494 e. The topological polar surface area (TPSA) is 29.5 Å². The van der Waals surface area contributed by atoms with Gasteiger partial charge in [-0.2, -0.15) is 0 Å². The molecule has 0 aliphatic rings. The Bertz CT molecular complexity index is 375. The second kappa shape index (κ2) is 10.4. The molecule has 0 heterocycles. The molecule has 0 aromatic heterocycles. The van der Waals surface area contributed by atoms with Crippen LogP contribution in [0, 0.1) is 0 Å². The molecule has 0 saturated heterocycles. The fourth-order valence-electron chi connectivity index (χ4n) is 2.20. The maximum absolute atomic E-state index is 10.7. The van der Waals surface area contributed by atoms with E-state index in [-0.39, 0.29) is 0 Å². The van der Waals surface area contributed by atoms with Crippen molar-refractivity contribution in [2.75, 3.05) is 26.2 Å². The summed E-state index contributed by atoms with van der Waals surface area (Å²) >= 11 is 0. The number of carbonyl (C=O) groups excluding carboxylic acids is 1. The number of carbonyl (C=O) groups is 1. The van der Waals surface area contributed by atoms with E-state index in [0.29, 0.717) is 5.56 Å². The largest absolute Gasteiger partial charge is 0.494 e. The van der Waals surface area contributed by atoms with Gasteiger partial charge in [0.05, 0.1) is 6.61 Å². The van der Waals surface area contributed by atoms with E-state index >= 15 is 0 Å². The van der Waals surface area contributed by atoms with Crippen LogP contribution in [0.25, 0.3) is 0 Å². The number of nitrogens with zero attached hydrogens (tertiary/aromatic N) is 1. The third-order valence-corrected chi connectivity index (χ3v) is 3.53. The van der Waals surface area contributed by atoms with Crippen LogP contribution >= 0.6 is 0 Å². The van der Waals surface area contributed by atoms with Crippen molar-refractivity contribution in [3.05, 3.63) is 29.8 Å². The first-order valence-electron chi connectivity index (χ1n) is 7.70. The maximum Gasteiger partial charge on any atom is 0.150 e. The molecule has 112 valence electrons. The molecule has 20 heavy (non-hydrogen) atoms. The van der Waals surface area contributed by atoms with E-state index in [2.05, 4.69) is 18.7 Å². The molecule has 0 saturated carbocycles. The van der Waals surface area contributed by atoms with Crippen LogP contribution in [-0.2, 0) is 0 Å². The number of benzene rings is 1. The van der Waals surface area contributed by atoms with Crippen molar-refractivity contribution in [3.63, 3.8) is 0 Å².